The number of alkyl halides is 1. The highest BCUT2D eigenvalue weighted by atomic mass is 35.5. The van der Waals surface area contributed by atoms with Crippen molar-refractivity contribution in [3.05, 3.63) is 64.4 Å². The Morgan fingerprint density at radius 2 is 1.72 bits per heavy atom. The molecule has 0 amide bonds. The van der Waals surface area contributed by atoms with E-state index in [-0.39, 0.29) is 11.3 Å². The molecule has 2 aromatic rings. The third-order valence-corrected chi connectivity index (χ3v) is 4.23. The second kappa shape index (κ2) is 5.73. The lowest BCUT2D eigenvalue weighted by Crippen LogP contribution is -2.03. The molecule has 0 N–H and O–H groups in total. The van der Waals surface area contributed by atoms with Crippen molar-refractivity contribution in [2.24, 2.45) is 0 Å². The largest absolute Gasteiger partial charge is 0.265 e. The van der Waals surface area contributed by atoms with Gasteiger partial charge in [0, 0.05) is 23.3 Å². The third-order valence-electron chi connectivity index (χ3n) is 3.17. The molecule has 94 valence electrons. The van der Waals surface area contributed by atoms with Gasteiger partial charge in [-0.3, -0.25) is 4.98 Å². The Morgan fingerprint density at radius 1 is 1.06 bits per heavy atom. The lowest BCUT2D eigenvalue weighted by molar-refractivity contribution is 0.730. The minimum absolute atomic E-state index is 0.0663. The summed E-state index contributed by atoms with van der Waals surface area (Å²) in [5.41, 5.74) is 3.35. The summed E-state index contributed by atoms with van der Waals surface area (Å²) >= 11 is 12.6. The predicted octanol–water partition coefficient (Wildman–Crippen LogP) is 5.13. The fraction of sp³-hybridized carbons (Fsp3) is 0.267. The maximum Gasteiger partial charge on any atom is 0.0651 e. The first kappa shape index (κ1) is 13.4. The van der Waals surface area contributed by atoms with Gasteiger partial charge in [0.05, 0.1) is 5.38 Å². The summed E-state index contributed by atoms with van der Waals surface area (Å²) in [6.07, 6.45) is 3.59. The molecule has 2 atom stereocenters. The molecular formula is C15H15Cl2N. The number of aromatic nitrogens is 1. The van der Waals surface area contributed by atoms with Crippen LogP contribution in [0.1, 0.15) is 34.9 Å². The van der Waals surface area contributed by atoms with Gasteiger partial charge >= 0.3 is 0 Å². The molecule has 0 aliphatic carbocycles. The van der Waals surface area contributed by atoms with Gasteiger partial charge in [0.2, 0.25) is 0 Å². The summed E-state index contributed by atoms with van der Waals surface area (Å²) in [6, 6.07) is 9.95. The van der Waals surface area contributed by atoms with Gasteiger partial charge < -0.3 is 0 Å². The molecule has 0 radical (unpaired) electrons. The molecule has 18 heavy (non-hydrogen) atoms. The van der Waals surface area contributed by atoms with Crippen molar-refractivity contribution in [2.75, 3.05) is 0 Å². The lowest BCUT2D eigenvalue weighted by Gasteiger charge is -2.19. The van der Waals surface area contributed by atoms with Crippen molar-refractivity contribution in [1.82, 2.24) is 4.98 Å². The molecule has 2 rings (SSSR count). The normalized spacial score (nSPS) is 14.2. The molecule has 1 aromatic heterocycles. The smallest absolute Gasteiger partial charge is 0.0651 e. The van der Waals surface area contributed by atoms with Gasteiger partial charge in [0.15, 0.2) is 0 Å². The number of nitrogens with zero attached hydrogens (tertiary/aromatic N) is 1. The molecule has 1 nitrogen and oxygen atoms in total. The molecule has 0 saturated heterocycles. The lowest BCUT2D eigenvalue weighted by atomic mass is 9.93. The average Bonchev–Trinajstić information content (AvgIpc) is 2.41. The second-order valence-electron chi connectivity index (χ2n) is 4.48. The van der Waals surface area contributed by atoms with Gasteiger partial charge in [0.1, 0.15) is 0 Å². The van der Waals surface area contributed by atoms with Crippen molar-refractivity contribution < 1.29 is 0 Å². The summed E-state index contributed by atoms with van der Waals surface area (Å²) in [5, 5.41) is 0.711. The van der Waals surface area contributed by atoms with Crippen molar-refractivity contribution >= 4 is 23.2 Å². The zero-order chi connectivity index (χ0) is 13.1. The highest BCUT2D eigenvalue weighted by Crippen LogP contribution is 2.36. The predicted molar refractivity (Wildman–Crippen MR) is 77.4 cm³/mol. The van der Waals surface area contributed by atoms with Crippen LogP contribution in [0.5, 0.6) is 0 Å². The first-order valence-electron chi connectivity index (χ1n) is 5.89. The van der Waals surface area contributed by atoms with Crippen LogP contribution in [0.3, 0.4) is 0 Å². The maximum atomic E-state index is 6.55. The maximum absolute atomic E-state index is 6.55. The molecule has 0 spiro atoms. The van der Waals surface area contributed by atoms with Gasteiger partial charge in [-0.1, -0.05) is 30.7 Å². The van der Waals surface area contributed by atoms with E-state index in [1.54, 1.807) is 12.4 Å². The van der Waals surface area contributed by atoms with Gasteiger partial charge in [0.25, 0.3) is 0 Å². The molecule has 2 unspecified atom stereocenters. The molecule has 0 saturated carbocycles. The van der Waals surface area contributed by atoms with E-state index in [1.165, 1.54) is 5.56 Å². The molecule has 0 aliphatic heterocycles. The molecule has 3 heteroatoms. The van der Waals surface area contributed by atoms with E-state index in [0.29, 0.717) is 0 Å². The Morgan fingerprint density at radius 3 is 2.33 bits per heavy atom. The summed E-state index contributed by atoms with van der Waals surface area (Å²) in [4.78, 5) is 4.03. The standard InChI is InChI=1S/C15H15Cl2N/c1-10-9-13(3-4-14(10)16)15(17)11(2)12-5-7-18-8-6-12/h3-9,11,15H,1-2H3. The SMILES string of the molecule is Cc1cc(C(Cl)C(C)c2ccncc2)ccc1Cl. The Bertz CT molecular complexity index is 525. The Kier molecular flexibility index (Phi) is 4.26. The second-order valence-corrected chi connectivity index (χ2v) is 5.36. The Labute approximate surface area is 118 Å². The zero-order valence-corrected chi connectivity index (χ0v) is 11.9. The highest BCUT2D eigenvalue weighted by Gasteiger charge is 2.18. The summed E-state index contributed by atoms with van der Waals surface area (Å²) < 4.78 is 0. The molecule has 1 heterocycles. The van der Waals surface area contributed by atoms with E-state index in [4.69, 9.17) is 23.2 Å². The number of rotatable bonds is 3. The van der Waals surface area contributed by atoms with Gasteiger partial charge in [-0.05, 0) is 41.8 Å². The highest BCUT2D eigenvalue weighted by molar-refractivity contribution is 6.31. The summed E-state index contributed by atoms with van der Waals surface area (Å²) in [7, 11) is 0. The Balaban J connectivity index is 2.25. The number of benzene rings is 1. The van der Waals surface area contributed by atoms with Crippen molar-refractivity contribution in [2.45, 2.75) is 25.1 Å². The van der Waals surface area contributed by atoms with Crippen molar-refractivity contribution in [3.63, 3.8) is 0 Å². The van der Waals surface area contributed by atoms with Gasteiger partial charge in [-0.15, -0.1) is 11.6 Å². The topological polar surface area (TPSA) is 12.9 Å². The van der Waals surface area contributed by atoms with Crippen LogP contribution in [-0.2, 0) is 0 Å². The minimum atomic E-state index is -0.0663. The number of hydrogen-bond donors (Lipinski definition) is 0. The van der Waals surface area contributed by atoms with E-state index in [2.05, 4.69) is 18.0 Å². The third kappa shape index (κ3) is 2.85. The number of pyridine rings is 1. The molecular weight excluding hydrogens is 265 g/mol. The van der Waals surface area contributed by atoms with E-state index in [1.807, 2.05) is 31.2 Å². The number of hydrogen-bond acceptors (Lipinski definition) is 1. The van der Waals surface area contributed by atoms with Crippen LogP contribution in [0.4, 0.5) is 0 Å². The van der Waals surface area contributed by atoms with Crippen LogP contribution >= 0.6 is 23.2 Å². The van der Waals surface area contributed by atoms with Crippen LogP contribution < -0.4 is 0 Å². The van der Waals surface area contributed by atoms with Gasteiger partial charge in [-0.25, -0.2) is 0 Å². The van der Waals surface area contributed by atoms with E-state index >= 15 is 0 Å². The first-order valence-corrected chi connectivity index (χ1v) is 6.71. The van der Waals surface area contributed by atoms with E-state index in [9.17, 15) is 0 Å². The fourth-order valence-electron chi connectivity index (χ4n) is 1.96. The van der Waals surface area contributed by atoms with Crippen LogP contribution in [0.15, 0.2) is 42.7 Å². The molecule has 1 aromatic carbocycles. The van der Waals surface area contributed by atoms with Crippen molar-refractivity contribution in [3.8, 4) is 0 Å². The summed E-state index contributed by atoms with van der Waals surface area (Å²) in [5.74, 6) is 0.232. The quantitative estimate of drug-likeness (QED) is 0.710. The van der Waals surface area contributed by atoms with Gasteiger partial charge in [-0.2, -0.15) is 0 Å². The molecule has 0 bridgehead atoms. The van der Waals surface area contributed by atoms with Crippen LogP contribution in [0.25, 0.3) is 0 Å². The van der Waals surface area contributed by atoms with Crippen LogP contribution in [0, 0.1) is 6.92 Å². The fourth-order valence-corrected chi connectivity index (χ4v) is 2.36. The minimum Gasteiger partial charge on any atom is -0.265 e. The summed E-state index contributed by atoms with van der Waals surface area (Å²) in [6.45, 7) is 4.11. The zero-order valence-electron chi connectivity index (χ0n) is 10.4. The van der Waals surface area contributed by atoms with Crippen LogP contribution in [-0.4, -0.2) is 4.98 Å². The molecule has 0 aliphatic rings. The number of aryl methyl sites for hydroxylation is 1. The van der Waals surface area contributed by atoms with E-state index < -0.39 is 0 Å². The Hall–Kier alpha value is -1.05. The first-order chi connectivity index (χ1) is 8.59. The van der Waals surface area contributed by atoms with Crippen LogP contribution in [0.2, 0.25) is 5.02 Å². The monoisotopic (exact) mass is 279 g/mol. The molecule has 0 fully saturated rings. The van der Waals surface area contributed by atoms with Crippen molar-refractivity contribution in [1.29, 1.82) is 0 Å². The number of halogens is 2. The van der Waals surface area contributed by atoms with E-state index in [0.717, 1.165) is 16.1 Å². The average molecular weight is 280 g/mol.